The van der Waals surface area contributed by atoms with Crippen molar-refractivity contribution in [3.63, 3.8) is 0 Å². The van der Waals surface area contributed by atoms with Crippen LogP contribution in [-0.2, 0) is 5.54 Å². The first-order valence-electron chi connectivity index (χ1n) is 5.69. The van der Waals surface area contributed by atoms with E-state index in [9.17, 15) is 14.7 Å². The van der Waals surface area contributed by atoms with Gasteiger partial charge in [-0.25, -0.2) is 9.59 Å². The predicted octanol–water partition coefficient (Wildman–Crippen LogP) is 1.75. The summed E-state index contributed by atoms with van der Waals surface area (Å²) >= 11 is 0. The number of aromatic carboxylic acids is 2. The maximum atomic E-state index is 11.4. The van der Waals surface area contributed by atoms with E-state index in [2.05, 4.69) is 0 Å². The minimum atomic E-state index is -1.29. The van der Waals surface area contributed by atoms with Gasteiger partial charge in [0, 0.05) is 0 Å². The number of allylic oxidation sites excluding steroid dienone is 2. The van der Waals surface area contributed by atoms with E-state index >= 15 is 0 Å². The van der Waals surface area contributed by atoms with E-state index in [1.54, 1.807) is 18.2 Å². The molecular weight excluding hydrogens is 246 g/mol. The van der Waals surface area contributed by atoms with Crippen molar-refractivity contribution in [2.45, 2.75) is 12.0 Å². The van der Waals surface area contributed by atoms with Gasteiger partial charge in [-0.2, -0.15) is 0 Å². The van der Waals surface area contributed by atoms with Gasteiger partial charge in [-0.3, -0.25) is 0 Å². The van der Waals surface area contributed by atoms with E-state index in [1.807, 2.05) is 12.2 Å². The first kappa shape index (κ1) is 13.0. The molecule has 0 spiro atoms. The van der Waals surface area contributed by atoms with Crippen LogP contribution in [0.5, 0.6) is 0 Å². The molecule has 0 aliphatic heterocycles. The smallest absolute Gasteiger partial charge is 0.336 e. The van der Waals surface area contributed by atoms with Crippen LogP contribution >= 0.6 is 0 Å². The molecule has 0 heterocycles. The van der Waals surface area contributed by atoms with Crippen molar-refractivity contribution in [3.05, 3.63) is 59.2 Å². The summed E-state index contributed by atoms with van der Waals surface area (Å²) in [5.41, 5.74) is 5.00. The molecule has 0 bridgehead atoms. The van der Waals surface area contributed by atoms with Crippen LogP contribution in [0, 0.1) is 0 Å². The highest BCUT2D eigenvalue weighted by molar-refractivity contribution is 6.03. The second-order valence-corrected chi connectivity index (χ2v) is 4.37. The Morgan fingerprint density at radius 3 is 2.42 bits per heavy atom. The molecule has 1 aliphatic carbocycles. The van der Waals surface area contributed by atoms with Gasteiger partial charge in [0.1, 0.15) is 0 Å². The zero-order chi connectivity index (χ0) is 14.0. The number of hydrogen-bond acceptors (Lipinski definition) is 3. The maximum absolute atomic E-state index is 11.4. The monoisotopic (exact) mass is 259 g/mol. The summed E-state index contributed by atoms with van der Waals surface area (Å²) in [7, 11) is 0. The fraction of sp³-hybridized carbons (Fsp3) is 0.143. The number of benzene rings is 1. The molecule has 0 radical (unpaired) electrons. The highest BCUT2D eigenvalue weighted by Gasteiger charge is 2.31. The standard InChI is InChI=1S/C14H13NO4/c15-14(7-2-1-3-8-14)10-6-4-5-9(12(16)17)11(10)13(18)19/h1-7H,8,15H2,(H,16,17)(H,18,19). The summed E-state index contributed by atoms with van der Waals surface area (Å²) in [4.78, 5) is 22.5. The Labute approximate surface area is 109 Å². The number of nitrogens with two attached hydrogens (primary N) is 1. The quantitative estimate of drug-likeness (QED) is 0.767. The molecule has 4 N–H and O–H groups in total. The molecule has 1 atom stereocenters. The fourth-order valence-corrected chi connectivity index (χ4v) is 2.19. The first-order chi connectivity index (χ1) is 8.96. The van der Waals surface area contributed by atoms with Crippen molar-refractivity contribution in [2.24, 2.45) is 5.73 Å². The molecule has 5 heteroatoms. The summed E-state index contributed by atoms with van der Waals surface area (Å²) in [6.45, 7) is 0. The molecule has 5 nitrogen and oxygen atoms in total. The second kappa shape index (κ2) is 4.70. The molecule has 2 rings (SSSR count). The minimum Gasteiger partial charge on any atom is -0.478 e. The summed E-state index contributed by atoms with van der Waals surface area (Å²) in [6, 6.07) is 4.33. The van der Waals surface area contributed by atoms with E-state index < -0.39 is 17.5 Å². The number of carbonyl (C=O) groups is 2. The van der Waals surface area contributed by atoms with Gasteiger partial charge in [0.05, 0.1) is 16.7 Å². The molecule has 1 aromatic carbocycles. The lowest BCUT2D eigenvalue weighted by Crippen LogP contribution is -2.37. The van der Waals surface area contributed by atoms with Crippen LogP contribution in [0.2, 0.25) is 0 Å². The van der Waals surface area contributed by atoms with Crippen LogP contribution in [0.3, 0.4) is 0 Å². The molecule has 0 fully saturated rings. The van der Waals surface area contributed by atoms with Crippen molar-refractivity contribution >= 4 is 11.9 Å². The highest BCUT2D eigenvalue weighted by atomic mass is 16.4. The lowest BCUT2D eigenvalue weighted by atomic mass is 9.81. The van der Waals surface area contributed by atoms with Gasteiger partial charge in [-0.15, -0.1) is 0 Å². The van der Waals surface area contributed by atoms with E-state index in [0.717, 1.165) is 0 Å². The van der Waals surface area contributed by atoms with Gasteiger partial charge in [0.15, 0.2) is 0 Å². The number of carboxylic acids is 2. The van der Waals surface area contributed by atoms with Gasteiger partial charge in [0.2, 0.25) is 0 Å². The summed E-state index contributed by atoms with van der Waals surface area (Å²) in [5, 5.41) is 18.4. The Balaban J connectivity index is 2.67. The summed E-state index contributed by atoms with van der Waals surface area (Å²) < 4.78 is 0. The Morgan fingerprint density at radius 1 is 1.16 bits per heavy atom. The molecular formula is C14H13NO4. The Morgan fingerprint density at radius 2 is 1.89 bits per heavy atom. The summed E-state index contributed by atoms with van der Waals surface area (Å²) in [5.74, 6) is -2.57. The van der Waals surface area contributed by atoms with Crippen molar-refractivity contribution in [2.75, 3.05) is 0 Å². The van der Waals surface area contributed by atoms with Crippen LogP contribution in [0.1, 0.15) is 32.7 Å². The largest absolute Gasteiger partial charge is 0.478 e. The molecule has 19 heavy (non-hydrogen) atoms. The van der Waals surface area contributed by atoms with E-state index in [-0.39, 0.29) is 11.1 Å². The van der Waals surface area contributed by atoms with Crippen molar-refractivity contribution in [1.29, 1.82) is 0 Å². The molecule has 0 saturated carbocycles. The zero-order valence-electron chi connectivity index (χ0n) is 10.0. The topological polar surface area (TPSA) is 101 Å². The van der Waals surface area contributed by atoms with E-state index in [4.69, 9.17) is 10.8 Å². The van der Waals surface area contributed by atoms with Crippen LogP contribution in [0.15, 0.2) is 42.5 Å². The van der Waals surface area contributed by atoms with Crippen LogP contribution in [-0.4, -0.2) is 22.2 Å². The molecule has 98 valence electrons. The van der Waals surface area contributed by atoms with Gasteiger partial charge in [-0.1, -0.05) is 36.4 Å². The minimum absolute atomic E-state index is 0.252. The van der Waals surface area contributed by atoms with Gasteiger partial charge >= 0.3 is 11.9 Å². The number of carboxylic acid groups (broad SMARTS) is 2. The lowest BCUT2D eigenvalue weighted by Gasteiger charge is -2.28. The lowest BCUT2D eigenvalue weighted by molar-refractivity contribution is 0.0649. The number of hydrogen-bond donors (Lipinski definition) is 3. The van der Waals surface area contributed by atoms with Crippen molar-refractivity contribution < 1.29 is 19.8 Å². The third-order valence-corrected chi connectivity index (χ3v) is 3.11. The molecule has 1 unspecified atom stereocenters. The van der Waals surface area contributed by atoms with Gasteiger partial charge in [0.25, 0.3) is 0 Å². The Bertz CT molecular complexity index is 603. The van der Waals surface area contributed by atoms with Gasteiger partial charge < -0.3 is 15.9 Å². The molecule has 1 aliphatic rings. The average Bonchev–Trinajstić information content (AvgIpc) is 2.38. The third-order valence-electron chi connectivity index (χ3n) is 3.11. The molecule has 0 saturated heterocycles. The van der Waals surface area contributed by atoms with Crippen LogP contribution in [0.25, 0.3) is 0 Å². The normalized spacial score (nSPS) is 21.3. The average molecular weight is 259 g/mol. The highest BCUT2D eigenvalue weighted by Crippen LogP contribution is 2.31. The molecule has 0 amide bonds. The summed E-state index contributed by atoms with van der Waals surface area (Å²) in [6.07, 6.45) is 7.46. The van der Waals surface area contributed by atoms with Crippen molar-refractivity contribution in [1.82, 2.24) is 0 Å². The Kier molecular flexibility index (Phi) is 3.23. The third kappa shape index (κ3) is 2.28. The molecule has 0 aromatic heterocycles. The number of rotatable bonds is 3. The Hall–Kier alpha value is -2.40. The van der Waals surface area contributed by atoms with E-state index in [0.29, 0.717) is 12.0 Å². The second-order valence-electron chi connectivity index (χ2n) is 4.37. The SMILES string of the molecule is NC1(c2cccc(C(=O)O)c2C(=O)O)C=CC=CC1. The molecule has 1 aromatic rings. The zero-order valence-corrected chi connectivity index (χ0v) is 10.0. The predicted molar refractivity (Wildman–Crippen MR) is 69.1 cm³/mol. The fourth-order valence-electron chi connectivity index (χ4n) is 2.19. The van der Waals surface area contributed by atoms with Gasteiger partial charge in [-0.05, 0) is 18.1 Å². The van der Waals surface area contributed by atoms with E-state index in [1.165, 1.54) is 12.1 Å². The van der Waals surface area contributed by atoms with Crippen molar-refractivity contribution in [3.8, 4) is 0 Å². The maximum Gasteiger partial charge on any atom is 0.336 e. The first-order valence-corrected chi connectivity index (χ1v) is 5.69. The van der Waals surface area contributed by atoms with Crippen LogP contribution in [0.4, 0.5) is 0 Å². The van der Waals surface area contributed by atoms with Crippen LogP contribution < -0.4 is 5.73 Å².